The molecule has 1 fully saturated rings. The third-order valence-corrected chi connectivity index (χ3v) is 5.92. The SMILES string of the molecule is CC1(O)CCN(S(=O)(=O)c2ccc3c(c2)NCCC3)C1. The molecular weight excluding hydrogens is 276 g/mol. The van der Waals surface area contributed by atoms with E-state index in [9.17, 15) is 13.5 Å². The van der Waals surface area contributed by atoms with Crippen molar-refractivity contribution in [3.05, 3.63) is 23.8 Å². The van der Waals surface area contributed by atoms with E-state index < -0.39 is 15.6 Å². The molecule has 2 N–H and O–H groups in total. The Hall–Kier alpha value is -1.11. The summed E-state index contributed by atoms with van der Waals surface area (Å²) in [5.74, 6) is 0. The zero-order valence-electron chi connectivity index (χ0n) is 11.6. The van der Waals surface area contributed by atoms with Crippen LogP contribution < -0.4 is 5.32 Å². The van der Waals surface area contributed by atoms with Crippen LogP contribution in [0.1, 0.15) is 25.3 Å². The number of nitrogens with zero attached hydrogens (tertiary/aromatic N) is 1. The molecule has 1 aromatic rings. The Kier molecular flexibility index (Phi) is 3.27. The van der Waals surface area contributed by atoms with E-state index in [1.807, 2.05) is 6.07 Å². The van der Waals surface area contributed by atoms with E-state index in [2.05, 4.69) is 5.32 Å². The molecule has 2 heterocycles. The number of sulfonamides is 1. The van der Waals surface area contributed by atoms with Crippen molar-refractivity contribution < 1.29 is 13.5 Å². The van der Waals surface area contributed by atoms with E-state index >= 15 is 0 Å². The van der Waals surface area contributed by atoms with Gasteiger partial charge in [-0.2, -0.15) is 4.31 Å². The average molecular weight is 296 g/mol. The zero-order valence-corrected chi connectivity index (χ0v) is 12.4. The molecular formula is C14H20N2O3S. The number of rotatable bonds is 2. The Balaban J connectivity index is 1.92. The number of β-amino-alcohol motifs (C(OH)–C–C–N with tert-alkyl or cyclic N) is 1. The van der Waals surface area contributed by atoms with Crippen LogP contribution in [0.2, 0.25) is 0 Å². The summed E-state index contributed by atoms with van der Waals surface area (Å²) in [4.78, 5) is 0.309. The van der Waals surface area contributed by atoms with Gasteiger partial charge in [0.25, 0.3) is 0 Å². The van der Waals surface area contributed by atoms with Crippen LogP contribution in [0.15, 0.2) is 23.1 Å². The van der Waals surface area contributed by atoms with Gasteiger partial charge in [0.2, 0.25) is 10.0 Å². The van der Waals surface area contributed by atoms with Crippen molar-refractivity contribution in [2.75, 3.05) is 25.0 Å². The molecule has 1 unspecified atom stereocenters. The van der Waals surface area contributed by atoms with Crippen LogP contribution in [-0.2, 0) is 16.4 Å². The Morgan fingerprint density at radius 3 is 2.90 bits per heavy atom. The van der Waals surface area contributed by atoms with Gasteiger partial charge in [-0.15, -0.1) is 0 Å². The molecule has 0 aromatic heterocycles. The third-order valence-electron chi connectivity index (χ3n) is 4.07. The van der Waals surface area contributed by atoms with Gasteiger partial charge >= 0.3 is 0 Å². The van der Waals surface area contributed by atoms with E-state index in [0.717, 1.165) is 25.1 Å². The second-order valence-electron chi connectivity index (χ2n) is 5.93. The van der Waals surface area contributed by atoms with Crippen LogP contribution in [-0.4, -0.2) is 43.1 Å². The maximum Gasteiger partial charge on any atom is 0.243 e. The van der Waals surface area contributed by atoms with E-state index in [0.29, 0.717) is 17.9 Å². The number of fused-ring (bicyclic) bond motifs is 1. The van der Waals surface area contributed by atoms with Crippen LogP contribution in [0, 0.1) is 0 Å². The predicted octanol–water partition coefficient (Wildman–Crippen LogP) is 1.19. The maximum atomic E-state index is 12.6. The summed E-state index contributed by atoms with van der Waals surface area (Å²) in [6.45, 7) is 3.10. The highest BCUT2D eigenvalue weighted by molar-refractivity contribution is 7.89. The zero-order chi connectivity index (χ0) is 14.4. The molecule has 20 heavy (non-hydrogen) atoms. The molecule has 2 aliphatic rings. The summed E-state index contributed by atoms with van der Waals surface area (Å²) in [5.41, 5.74) is 1.17. The molecule has 0 bridgehead atoms. The number of anilines is 1. The van der Waals surface area contributed by atoms with Crippen molar-refractivity contribution >= 4 is 15.7 Å². The van der Waals surface area contributed by atoms with Gasteiger partial charge in [-0.05, 0) is 43.9 Å². The number of benzene rings is 1. The lowest BCUT2D eigenvalue weighted by Gasteiger charge is -2.22. The summed E-state index contributed by atoms with van der Waals surface area (Å²) >= 11 is 0. The molecule has 1 saturated heterocycles. The van der Waals surface area contributed by atoms with Crippen molar-refractivity contribution in [3.63, 3.8) is 0 Å². The molecule has 0 amide bonds. The van der Waals surface area contributed by atoms with Gasteiger partial charge in [-0.25, -0.2) is 8.42 Å². The summed E-state index contributed by atoms with van der Waals surface area (Å²) in [6.07, 6.45) is 2.55. The monoisotopic (exact) mass is 296 g/mol. The van der Waals surface area contributed by atoms with Crippen molar-refractivity contribution in [2.45, 2.75) is 36.7 Å². The highest BCUT2D eigenvalue weighted by Gasteiger charge is 2.38. The number of hydrogen-bond donors (Lipinski definition) is 2. The molecule has 0 saturated carbocycles. The number of aliphatic hydroxyl groups is 1. The van der Waals surface area contributed by atoms with Gasteiger partial charge in [-0.3, -0.25) is 0 Å². The molecule has 0 spiro atoms. The number of nitrogens with one attached hydrogen (secondary N) is 1. The van der Waals surface area contributed by atoms with Crippen LogP contribution in [0.5, 0.6) is 0 Å². The first kappa shape index (κ1) is 13.9. The van der Waals surface area contributed by atoms with Gasteiger partial charge < -0.3 is 10.4 Å². The second kappa shape index (κ2) is 4.72. The quantitative estimate of drug-likeness (QED) is 0.860. The minimum atomic E-state index is -3.51. The lowest BCUT2D eigenvalue weighted by Crippen LogP contribution is -2.34. The normalized spacial score (nSPS) is 27.1. The van der Waals surface area contributed by atoms with E-state index in [1.165, 1.54) is 9.87 Å². The summed E-state index contributed by atoms with van der Waals surface area (Å²) in [5, 5.41) is 13.2. The first-order valence-electron chi connectivity index (χ1n) is 6.98. The number of aryl methyl sites for hydroxylation is 1. The molecule has 1 atom stereocenters. The standard InChI is InChI=1S/C14H20N2O3S/c1-14(17)6-8-16(10-14)20(18,19)12-5-4-11-3-2-7-15-13(11)9-12/h4-5,9,15,17H,2-3,6-8,10H2,1H3. The van der Waals surface area contributed by atoms with Gasteiger partial charge in [0.05, 0.1) is 10.5 Å². The van der Waals surface area contributed by atoms with E-state index in [4.69, 9.17) is 0 Å². The van der Waals surface area contributed by atoms with Crippen molar-refractivity contribution in [2.24, 2.45) is 0 Å². The highest BCUT2D eigenvalue weighted by Crippen LogP contribution is 2.30. The first-order valence-corrected chi connectivity index (χ1v) is 8.42. The smallest absolute Gasteiger partial charge is 0.243 e. The van der Waals surface area contributed by atoms with E-state index in [-0.39, 0.29) is 6.54 Å². The van der Waals surface area contributed by atoms with Gasteiger partial charge in [0.1, 0.15) is 0 Å². The Bertz CT molecular complexity index is 625. The van der Waals surface area contributed by atoms with E-state index in [1.54, 1.807) is 19.1 Å². The summed E-state index contributed by atoms with van der Waals surface area (Å²) in [6, 6.07) is 5.29. The highest BCUT2D eigenvalue weighted by atomic mass is 32.2. The van der Waals surface area contributed by atoms with Crippen LogP contribution in [0.3, 0.4) is 0 Å². The van der Waals surface area contributed by atoms with Gasteiger partial charge in [0.15, 0.2) is 0 Å². The topological polar surface area (TPSA) is 69.6 Å². The molecule has 0 radical (unpaired) electrons. The fourth-order valence-electron chi connectivity index (χ4n) is 2.86. The predicted molar refractivity (Wildman–Crippen MR) is 77.3 cm³/mol. The third kappa shape index (κ3) is 2.43. The van der Waals surface area contributed by atoms with Crippen molar-refractivity contribution in [3.8, 4) is 0 Å². The molecule has 2 aliphatic heterocycles. The van der Waals surface area contributed by atoms with Crippen LogP contribution in [0.4, 0.5) is 5.69 Å². The Morgan fingerprint density at radius 1 is 1.40 bits per heavy atom. The fourth-order valence-corrected chi connectivity index (χ4v) is 4.44. The second-order valence-corrected chi connectivity index (χ2v) is 7.87. The first-order chi connectivity index (χ1) is 9.38. The summed E-state index contributed by atoms with van der Waals surface area (Å²) in [7, 11) is -3.51. The Labute approximate surface area is 119 Å². The molecule has 110 valence electrons. The van der Waals surface area contributed by atoms with Crippen LogP contribution >= 0.6 is 0 Å². The van der Waals surface area contributed by atoms with Gasteiger partial charge in [0, 0.05) is 25.3 Å². The van der Waals surface area contributed by atoms with Gasteiger partial charge in [-0.1, -0.05) is 6.07 Å². The maximum absolute atomic E-state index is 12.6. The largest absolute Gasteiger partial charge is 0.389 e. The summed E-state index contributed by atoms with van der Waals surface area (Å²) < 4.78 is 26.6. The van der Waals surface area contributed by atoms with Crippen LogP contribution in [0.25, 0.3) is 0 Å². The lowest BCUT2D eigenvalue weighted by molar-refractivity contribution is 0.0762. The fraction of sp³-hybridized carbons (Fsp3) is 0.571. The Morgan fingerprint density at radius 2 is 2.20 bits per heavy atom. The number of hydrogen-bond acceptors (Lipinski definition) is 4. The van der Waals surface area contributed by atoms with Crippen molar-refractivity contribution in [1.29, 1.82) is 0 Å². The molecule has 1 aromatic carbocycles. The minimum absolute atomic E-state index is 0.167. The average Bonchev–Trinajstić information content (AvgIpc) is 2.79. The minimum Gasteiger partial charge on any atom is -0.389 e. The molecule has 6 heteroatoms. The molecule has 3 rings (SSSR count). The molecule has 5 nitrogen and oxygen atoms in total. The molecule has 0 aliphatic carbocycles. The lowest BCUT2D eigenvalue weighted by atomic mass is 10.0. The van der Waals surface area contributed by atoms with Crippen molar-refractivity contribution in [1.82, 2.24) is 4.31 Å².